The molecular weight excluding hydrogens is 334 g/mol. The Hall–Kier alpha value is -1.07. The molecule has 2 rings (SSSR count). The van der Waals surface area contributed by atoms with Crippen molar-refractivity contribution in [3.05, 3.63) is 22.7 Å². The van der Waals surface area contributed by atoms with Crippen LogP contribution in [0.25, 0.3) is 0 Å². The van der Waals surface area contributed by atoms with Crippen molar-refractivity contribution < 1.29 is 14.3 Å². The average molecular weight is 358 g/mol. The third kappa shape index (κ3) is 4.95. The van der Waals surface area contributed by atoms with E-state index in [0.29, 0.717) is 34.6 Å². The van der Waals surface area contributed by atoms with E-state index in [1.165, 1.54) is 0 Å². The van der Waals surface area contributed by atoms with Crippen LogP contribution in [-0.4, -0.2) is 49.1 Å². The van der Waals surface area contributed by atoms with Gasteiger partial charge >= 0.3 is 0 Å². The monoisotopic (exact) mass is 357 g/mol. The molecule has 128 valence electrons. The second-order valence-corrected chi connectivity index (χ2v) is 7.56. The van der Waals surface area contributed by atoms with Gasteiger partial charge in [-0.05, 0) is 24.5 Å². The largest absolute Gasteiger partial charge is 0.493 e. The Balaban J connectivity index is 2.16. The second-order valence-electron chi connectivity index (χ2n) is 5.93. The van der Waals surface area contributed by atoms with Crippen molar-refractivity contribution in [2.24, 2.45) is 5.92 Å². The highest BCUT2D eigenvalue weighted by Gasteiger charge is 2.21. The van der Waals surface area contributed by atoms with Gasteiger partial charge in [0.25, 0.3) is 5.91 Å². The van der Waals surface area contributed by atoms with Gasteiger partial charge in [0.05, 0.1) is 18.7 Å². The molecule has 0 aromatic heterocycles. The smallest absolute Gasteiger partial charge is 0.254 e. The summed E-state index contributed by atoms with van der Waals surface area (Å²) >= 11 is 8.20. The van der Waals surface area contributed by atoms with Gasteiger partial charge < -0.3 is 14.4 Å². The van der Waals surface area contributed by atoms with Crippen LogP contribution in [0.2, 0.25) is 5.02 Å². The molecule has 0 radical (unpaired) electrons. The van der Waals surface area contributed by atoms with Crippen molar-refractivity contribution in [1.82, 2.24) is 4.90 Å². The topological polar surface area (TPSA) is 38.8 Å². The molecule has 0 atom stereocenters. The highest BCUT2D eigenvalue weighted by atomic mass is 35.5. The Labute approximate surface area is 147 Å². The van der Waals surface area contributed by atoms with Crippen molar-refractivity contribution in [1.29, 1.82) is 0 Å². The first-order valence-electron chi connectivity index (χ1n) is 7.90. The zero-order valence-corrected chi connectivity index (χ0v) is 15.5. The number of carbonyl (C=O) groups is 1. The maximum atomic E-state index is 12.6. The lowest BCUT2D eigenvalue weighted by atomic mass is 10.1. The van der Waals surface area contributed by atoms with Crippen LogP contribution in [0, 0.1) is 5.92 Å². The van der Waals surface area contributed by atoms with Crippen LogP contribution in [0.1, 0.15) is 30.6 Å². The fourth-order valence-electron chi connectivity index (χ4n) is 2.33. The molecular formula is C17H24ClNO3S. The van der Waals surface area contributed by atoms with Crippen molar-refractivity contribution in [2.75, 3.05) is 38.3 Å². The standard InChI is InChI=1S/C17H24ClNO3S/c1-12(2)4-7-22-16-14(18)10-13(11-15(16)21-3)17(20)19-5-8-23-9-6-19/h10-12H,4-9H2,1-3H3. The lowest BCUT2D eigenvalue weighted by Gasteiger charge is -2.26. The van der Waals surface area contributed by atoms with E-state index in [9.17, 15) is 4.79 Å². The van der Waals surface area contributed by atoms with Crippen molar-refractivity contribution in [3.8, 4) is 11.5 Å². The van der Waals surface area contributed by atoms with Gasteiger partial charge in [-0.2, -0.15) is 11.8 Å². The first-order chi connectivity index (χ1) is 11.0. The quantitative estimate of drug-likeness (QED) is 0.772. The number of methoxy groups -OCH3 is 1. The minimum Gasteiger partial charge on any atom is -0.493 e. The number of nitrogens with zero attached hydrogens (tertiary/aromatic N) is 1. The van der Waals surface area contributed by atoms with Crippen LogP contribution < -0.4 is 9.47 Å². The first kappa shape index (κ1) is 18.3. The van der Waals surface area contributed by atoms with Gasteiger partial charge in [0, 0.05) is 30.2 Å². The van der Waals surface area contributed by atoms with Crippen LogP contribution in [0.4, 0.5) is 0 Å². The van der Waals surface area contributed by atoms with Gasteiger partial charge in [-0.1, -0.05) is 25.4 Å². The first-order valence-corrected chi connectivity index (χ1v) is 9.43. The van der Waals surface area contributed by atoms with Crippen LogP contribution in [0.3, 0.4) is 0 Å². The minimum atomic E-state index is -0.000713. The molecule has 4 nitrogen and oxygen atoms in total. The molecule has 0 bridgehead atoms. The Kier molecular flexibility index (Phi) is 6.90. The molecule has 1 aliphatic rings. The summed E-state index contributed by atoms with van der Waals surface area (Å²) in [5.74, 6) is 3.54. The number of carbonyl (C=O) groups excluding carboxylic acids is 1. The number of hydrogen-bond acceptors (Lipinski definition) is 4. The molecule has 1 saturated heterocycles. The molecule has 0 spiro atoms. The van der Waals surface area contributed by atoms with E-state index >= 15 is 0 Å². The SMILES string of the molecule is COc1cc(C(=O)N2CCSCC2)cc(Cl)c1OCCC(C)C. The molecule has 0 unspecified atom stereocenters. The van der Waals surface area contributed by atoms with Crippen LogP contribution >= 0.6 is 23.4 Å². The van der Waals surface area contributed by atoms with Crippen molar-refractivity contribution >= 4 is 29.3 Å². The summed E-state index contributed by atoms with van der Waals surface area (Å²) in [6, 6.07) is 3.40. The molecule has 0 saturated carbocycles. The molecule has 0 aliphatic carbocycles. The predicted octanol–water partition coefficient (Wildman–Crippen LogP) is 3.96. The van der Waals surface area contributed by atoms with E-state index in [1.54, 1.807) is 19.2 Å². The van der Waals surface area contributed by atoms with Gasteiger partial charge in [-0.15, -0.1) is 0 Å². The zero-order valence-electron chi connectivity index (χ0n) is 13.9. The summed E-state index contributed by atoms with van der Waals surface area (Å²) in [4.78, 5) is 14.5. The van der Waals surface area contributed by atoms with E-state index in [2.05, 4.69) is 13.8 Å². The van der Waals surface area contributed by atoms with Crippen LogP contribution in [-0.2, 0) is 0 Å². The fourth-order valence-corrected chi connectivity index (χ4v) is 3.50. The third-order valence-corrected chi connectivity index (χ3v) is 4.94. The van der Waals surface area contributed by atoms with E-state index in [1.807, 2.05) is 16.7 Å². The zero-order chi connectivity index (χ0) is 16.8. The summed E-state index contributed by atoms with van der Waals surface area (Å²) in [6.45, 7) is 6.40. The van der Waals surface area contributed by atoms with Gasteiger partial charge in [-0.3, -0.25) is 4.79 Å². The Morgan fingerprint density at radius 3 is 2.65 bits per heavy atom. The summed E-state index contributed by atoms with van der Waals surface area (Å²) < 4.78 is 11.1. The second kappa shape index (κ2) is 8.69. The van der Waals surface area contributed by atoms with Crippen molar-refractivity contribution in [2.45, 2.75) is 20.3 Å². The highest BCUT2D eigenvalue weighted by Crippen LogP contribution is 2.37. The third-order valence-electron chi connectivity index (χ3n) is 3.72. The van der Waals surface area contributed by atoms with E-state index in [0.717, 1.165) is 31.0 Å². The summed E-state index contributed by atoms with van der Waals surface area (Å²) in [6.07, 6.45) is 0.936. The predicted molar refractivity (Wildman–Crippen MR) is 96.2 cm³/mol. The normalized spacial score (nSPS) is 14.9. The van der Waals surface area contributed by atoms with E-state index < -0.39 is 0 Å². The number of amides is 1. The number of hydrogen-bond donors (Lipinski definition) is 0. The maximum absolute atomic E-state index is 12.6. The Bertz CT molecular complexity index is 545. The number of benzene rings is 1. The number of halogens is 1. The highest BCUT2D eigenvalue weighted by molar-refractivity contribution is 7.99. The Morgan fingerprint density at radius 2 is 2.04 bits per heavy atom. The number of ether oxygens (including phenoxy) is 2. The van der Waals surface area contributed by atoms with E-state index in [-0.39, 0.29) is 5.91 Å². The molecule has 0 N–H and O–H groups in total. The molecule has 1 aliphatic heterocycles. The number of rotatable bonds is 6. The van der Waals surface area contributed by atoms with E-state index in [4.69, 9.17) is 21.1 Å². The lowest BCUT2D eigenvalue weighted by Crippen LogP contribution is -2.37. The molecule has 1 fully saturated rings. The van der Waals surface area contributed by atoms with Crippen LogP contribution in [0.15, 0.2) is 12.1 Å². The molecule has 1 heterocycles. The maximum Gasteiger partial charge on any atom is 0.254 e. The van der Waals surface area contributed by atoms with Gasteiger partial charge in [0.1, 0.15) is 0 Å². The Morgan fingerprint density at radius 1 is 1.35 bits per heavy atom. The molecule has 23 heavy (non-hydrogen) atoms. The minimum absolute atomic E-state index is 0.000713. The molecule has 1 aromatic rings. The summed E-state index contributed by atoms with van der Waals surface area (Å²) in [7, 11) is 1.56. The van der Waals surface area contributed by atoms with Crippen LogP contribution in [0.5, 0.6) is 11.5 Å². The number of thioether (sulfide) groups is 1. The van der Waals surface area contributed by atoms with Crippen molar-refractivity contribution in [3.63, 3.8) is 0 Å². The molecule has 1 amide bonds. The van der Waals surface area contributed by atoms with Gasteiger partial charge in [-0.25, -0.2) is 0 Å². The summed E-state index contributed by atoms with van der Waals surface area (Å²) in [5.41, 5.74) is 0.551. The summed E-state index contributed by atoms with van der Waals surface area (Å²) in [5, 5.41) is 0.419. The molecule has 6 heteroatoms. The fraction of sp³-hybridized carbons (Fsp3) is 0.588. The lowest BCUT2D eigenvalue weighted by molar-refractivity contribution is 0.0772. The van der Waals surface area contributed by atoms with Gasteiger partial charge in [0.15, 0.2) is 11.5 Å². The van der Waals surface area contributed by atoms with Gasteiger partial charge in [0.2, 0.25) is 0 Å². The molecule has 1 aromatic carbocycles. The average Bonchev–Trinajstić information content (AvgIpc) is 2.55.